The number of nitrogens with zero attached hydrogens (tertiary/aromatic N) is 3. The first kappa shape index (κ1) is 26.3. The molecule has 192 valence electrons. The van der Waals surface area contributed by atoms with Crippen molar-refractivity contribution in [3.05, 3.63) is 34.3 Å². The molecule has 3 saturated heterocycles. The van der Waals surface area contributed by atoms with Gasteiger partial charge >= 0.3 is 5.97 Å². The number of aliphatic imine (C=N–C) groups is 1. The van der Waals surface area contributed by atoms with Gasteiger partial charge in [0.2, 0.25) is 5.60 Å². The van der Waals surface area contributed by atoms with Crippen LogP contribution in [0.25, 0.3) is 0 Å². The van der Waals surface area contributed by atoms with Crippen molar-refractivity contribution in [2.45, 2.75) is 57.0 Å². The molecular formula is C25H35BrN4O4S. The molecule has 1 atom stereocenters. The van der Waals surface area contributed by atoms with E-state index >= 15 is 0 Å². The first-order valence-corrected chi connectivity index (χ1v) is 13.5. The molecule has 6 rings (SSSR count). The minimum Gasteiger partial charge on any atom is -1.00 e. The van der Waals surface area contributed by atoms with Crippen LogP contribution in [0.4, 0.5) is 0 Å². The molecule has 5 heterocycles. The molecule has 5 aliphatic rings. The van der Waals surface area contributed by atoms with Crippen molar-refractivity contribution in [1.29, 1.82) is 0 Å². The number of quaternary nitrogens is 1. The lowest BCUT2D eigenvalue weighted by Gasteiger charge is -2.48. The lowest BCUT2D eigenvalue weighted by atomic mass is 9.76. The molecule has 10 heteroatoms. The second kappa shape index (κ2) is 11.1. The molecule has 35 heavy (non-hydrogen) atoms. The predicted molar refractivity (Wildman–Crippen MR) is 129 cm³/mol. The monoisotopic (exact) mass is 566 g/mol. The van der Waals surface area contributed by atoms with Gasteiger partial charge in [-0.3, -0.25) is 4.79 Å². The highest BCUT2D eigenvalue weighted by molar-refractivity contribution is 7.10. The van der Waals surface area contributed by atoms with Gasteiger partial charge in [0.1, 0.15) is 6.34 Å². The van der Waals surface area contributed by atoms with E-state index in [1.807, 2.05) is 11.4 Å². The Morgan fingerprint density at radius 3 is 2.54 bits per heavy atom. The molecule has 2 bridgehead atoms. The quantitative estimate of drug-likeness (QED) is 0.450. The molecule has 0 unspecified atom stereocenters. The highest BCUT2D eigenvalue weighted by atomic mass is 79.9. The fraction of sp³-hybridized carbons (Fsp3) is 0.640. The number of fused-ring (bicyclic) bond motifs is 3. The van der Waals surface area contributed by atoms with Crippen molar-refractivity contribution in [3.63, 3.8) is 0 Å². The smallest absolute Gasteiger partial charge is 0.369 e. The normalized spacial score (nSPS) is 28.0. The van der Waals surface area contributed by atoms with Gasteiger partial charge in [0.25, 0.3) is 5.91 Å². The second-order valence-corrected chi connectivity index (χ2v) is 11.3. The van der Waals surface area contributed by atoms with E-state index in [4.69, 9.17) is 4.84 Å². The van der Waals surface area contributed by atoms with Gasteiger partial charge in [-0.2, -0.15) is 5.06 Å². The van der Waals surface area contributed by atoms with Crippen LogP contribution in [-0.2, 0) is 20.0 Å². The maximum atomic E-state index is 13.3. The zero-order valence-corrected chi connectivity index (χ0v) is 22.4. The molecule has 0 radical (unpaired) electrons. The van der Waals surface area contributed by atoms with Crippen LogP contribution >= 0.6 is 11.3 Å². The minimum absolute atomic E-state index is 0. The summed E-state index contributed by atoms with van der Waals surface area (Å²) < 4.78 is 0.882. The van der Waals surface area contributed by atoms with Crippen LogP contribution in [-0.4, -0.2) is 65.6 Å². The van der Waals surface area contributed by atoms with Gasteiger partial charge in [0, 0.05) is 10.8 Å². The average Bonchev–Trinajstić information content (AvgIpc) is 3.40. The molecule has 1 amide bonds. The molecule has 4 fully saturated rings. The van der Waals surface area contributed by atoms with E-state index in [0.717, 1.165) is 62.1 Å². The van der Waals surface area contributed by atoms with E-state index in [1.54, 1.807) is 12.3 Å². The number of carbonyl (C=O) groups is 2. The largest absolute Gasteiger partial charge is 1.00 e. The third kappa shape index (κ3) is 5.65. The van der Waals surface area contributed by atoms with Crippen LogP contribution in [0.5, 0.6) is 0 Å². The number of piperidine rings is 3. The zero-order valence-electron chi connectivity index (χ0n) is 20.0. The molecule has 1 aromatic rings. The lowest BCUT2D eigenvalue weighted by Crippen LogP contribution is -3.00. The Morgan fingerprint density at radius 2 is 1.89 bits per heavy atom. The molecule has 1 aliphatic carbocycles. The van der Waals surface area contributed by atoms with Crippen molar-refractivity contribution >= 4 is 29.6 Å². The fourth-order valence-electron chi connectivity index (χ4n) is 6.13. The van der Waals surface area contributed by atoms with Crippen LogP contribution in [0, 0.1) is 11.8 Å². The van der Waals surface area contributed by atoms with Gasteiger partial charge < -0.3 is 36.7 Å². The molecule has 4 aliphatic heterocycles. The van der Waals surface area contributed by atoms with E-state index < -0.39 is 11.6 Å². The van der Waals surface area contributed by atoms with E-state index in [0.29, 0.717) is 17.1 Å². The Morgan fingerprint density at radius 1 is 1.17 bits per heavy atom. The number of hydrogen-bond acceptors (Lipinski definition) is 7. The number of thiophene rings is 1. The van der Waals surface area contributed by atoms with Gasteiger partial charge in [-0.05, 0) is 49.5 Å². The highest BCUT2D eigenvalue weighted by Crippen LogP contribution is 2.42. The lowest BCUT2D eigenvalue weighted by molar-refractivity contribution is -0.935. The maximum absolute atomic E-state index is 13.3. The van der Waals surface area contributed by atoms with Crippen molar-refractivity contribution in [3.8, 4) is 0 Å². The van der Waals surface area contributed by atoms with E-state index in [2.05, 4.69) is 10.3 Å². The Bertz CT molecular complexity index is 941. The topological polar surface area (TPSA) is 91.2 Å². The molecule has 2 N–H and O–H groups in total. The van der Waals surface area contributed by atoms with Gasteiger partial charge in [-0.25, -0.2) is 9.79 Å². The van der Waals surface area contributed by atoms with Crippen molar-refractivity contribution in [2.24, 2.45) is 16.8 Å². The van der Waals surface area contributed by atoms with Crippen molar-refractivity contribution in [1.82, 2.24) is 10.4 Å². The summed E-state index contributed by atoms with van der Waals surface area (Å²) in [6.45, 7) is 3.92. The van der Waals surface area contributed by atoms with Crippen molar-refractivity contribution in [2.75, 3.05) is 32.7 Å². The van der Waals surface area contributed by atoms with Gasteiger partial charge in [-0.15, -0.1) is 11.3 Å². The van der Waals surface area contributed by atoms with E-state index in [-0.39, 0.29) is 35.4 Å². The molecule has 0 aromatic carbocycles. The van der Waals surface area contributed by atoms with Gasteiger partial charge in [0.15, 0.2) is 6.54 Å². The van der Waals surface area contributed by atoms with Crippen molar-refractivity contribution < 1.29 is 41.0 Å². The Kier molecular flexibility index (Phi) is 8.35. The van der Waals surface area contributed by atoms with Gasteiger partial charge in [0.05, 0.1) is 38.1 Å². The molecule has 0 spiro atoms. The molecule has 1 aromatic heterocycles. The first-order valence-electron chi connectivity index (χ1n) is 12.6. The maximum Gasteiger partial charge on any atom is 0.369 e. The number of rotatable bonds is 7. The average molecular weight is 568 g/mol. The number of halogens is 1. The fourth-order valence-corrected chi connectivity index (χ4v) is 7.02. The Labute approximate surface area is 221 Å². The summed E-state index contributed by atoms with van der Waals surface area (Å²) in [5, 5.41) is 17.8. The number of carbonyl (C=O) groups excluding carboxylic acids is 2. The molecular weight excluding hydrogens is 532 g/mol. The summed E-state index contributed by atoms with van der Waals surface area (Å²) in [6.07, 6.45) is 11.4. The minimum atomic E-state index is -1.68. The number of aliphatic hydroxyl groups is 1. The summed E-state index contributed by atoms with van der Waals surface area (Å²) in [5.74, 6) is -0.0303. The van der Waals surface area contributed by atoms with Crippen LogP contribution in [0.2, 0.25) is 0 Å². The van der Waals surface area contributed by atoms with Crippen LogP contribution in [0.1, 0.15) is 56.2 Å². The predicted octanol–water partition coefficient (Wildman–Crippen LogP) is -0.0898. The van der Waals surface area contributed by atoms with Gasteiger partial charge in [-0.1, -0.05) is 25.3 Å². The molecule has 8 nitrogen and oxygen atoms in total. The third-order valence-electron chi connectivity index (χ3n) is 8.17. The summed E-state index contributed by atoms with van der Waals surface area (Å²) in [7, 11) is 0. The number of hydroxylamine groups is 2. The second-order valence-electron chi connectivity index (χ2n) is 10.4. The van der Waals surface area contributed by atoms with Crippen LogP contribution < -0.4 is 22.3 Å². The first-order chi connectivity index (χ1) is 16.5. The Hall–Kier alpha value is -1.75. The molecule has 1 saturated carbocycles. The van der Waals surface area contributed by atoms with Crippen LogP contribution in [0.15, 0.2) is 34.4 Å². The van der Waals surface area contributed by atoms with E-state index in [1.165, 1.54) is 42.0 Å². The van der Waals surface area contributed by atoms with E-state index in [9.17, 15) is 14.7 Å². The summed E-state index contributed by atoms with van der Waals surface area (Å²) in [5.41, 5.74) is -1.09. The summed E-state index contributed by atoms with van der Waals surface area (Å²) >= 11 is 1.37. The number of nitrogens with one attached hydrogen (secondary N) is 1. The highest BCUT2D eigenvalue weighted by Gasteiger charge is 2.49. The van der Waals surface area contributed by atoms with Crippen LogP contribution in [0.3, 0.4) is 0 Å². The zero-order chi connectivity index (χ0) is 23.6. The summed E-state index contributed by atoms with van der Waals surface area (Å²) in [4.78, 5) is 36.6. The third-order valence-corrected chi connectivity index (χ3v) is 9.16. The summed E-state index contributed by atoms with van der Waals surface area (Å²) in [6, 6.07) is 3.64. The Balaban J connectivity index is 0.00000289. The standard InChI is InChI=1S/C25H34N4O4S.BrH/c30-23(17-29-11-8-19(9-12-29)10-13-29)27-21-15-26-18-28(16-21)33-24(31)25(32,22-7-4-14-34-22)20-5-2-1-3-6-20;/h4,7,14-15,18-20,32H,1-3,5-6,8-13,16-17H2;1H/t19?,25-,29?;/m0./s1. The number of amides is 1. The SMILES string of the molecule is O=C(C[N+]12CCC(CC1)CC2)NC1=CN=CN(OC(=O)[C@@](O)(c2cccs2)C2CCCCC2)C1.[Br-]. The number of hydrogen-bond donors (Lipinski definition) is 2.